The van der Waals surface area contributed by atoms with E-state index < -0.39 is 0 Å². The summed E-state index contributed by atoms with van der Waals surface area (Å²) in [7, 11) is 0. The normalized spacial score (nSPS) is 12.3. The van der Waals surface area contributed by atoms with Crippen molar-refractivity contribution in [2.75, 3.05) is 5.73 Å². The predicted octanol–water partition coefficient (Wildman–Crippen LogP) is 4.13. The molecule has 0 fully saturated rings. The number of hydrogen-bond acceptors (Lipinski definition) is 5. The summed E-state index contributed by atoms with van der Waals surface area (Å²) in [4.78, 5) is 25.3. The van der Waals surface area contributed by atoms with Crippen LogP contribution in [0.25, 0.3) is 22.2 Å². The summed E-state index contributed by atoms with van der Waals surface area (Å²) in [6.45, 7) is 10.5. The Hall–Kier alpha value is -3.94. The molecule has 0 aliphatic heterocycles. The van der Waals surface area contributed by atoms with Crippen LogP contribution in [0.4, 0.5) is 5.82 Å². The molecule has 1 amide bonds. The van der Waals surface area contributed by atoms with Crippen LogP contribution >= 0.6 is 0 Å². The van der Waals surface area contributed by atoms with E-state index in [0.717, 1.165) is 22.3 Å². The second-order valence-electron chi connectivity index (χ2n) is 9.14. The number of anilines is 1. The molecule has 0 saturated carbocycles. The molecule has 176 valence electrons. The van der Waals surface area contributed by atoms with Crippen molar-refractivity contribution in [3.05, 3.63) is 75.1 Å². The van der Waals surface area contributed by atoms with Gasteiger partial charge in [0, 0.05) is 17.7 Å². The van der Waals surface area contributed by atoms with Crippen molar-refractivity contribution in [3.63, 3.8) is 0 Å². The molecule has 0 aliphatic rings. The van der Waals surface area contributed by atoms with E-state index in [4.69, 9.17) is 10.8 Å². The lowest BCUT2D eigenvalue weighted by molar-refractivity contribution is 0.0950. The highest BCUT2D eigenvalue weighted by Crippen LogP contribution is 2.32. The molecule has 0 aliphatic carbocycles. The number of nitrogens with two attached hydrogens (primary N) is 1. The number of aromatic amines is 1. The van der Waals surface area contributed by atoms with Crippen LogP contribution in [0, 0.1) is 19.8 Å². The number of rotatable bonds is 6. The molecule has 4 N–H and O–H groups in total. The Kier molecular flexibility index (Phi) is 6.24. The summed E-state index contributed by atoms with van der Waals surface area (Å²) in [6, 6.07) is 13.6. The topological polar surface area (TPSA) is 119 Å². The first-order valence-corrected chi connectivity index (χ1v) is 11.4. The number of fused-ring (bicyclic) bond motifs is 1. The van der Waals surface area contributed by atoms with Crippen LogP contribution in [0.2, 0.25) is 0 Å². The number of benzene rings is 2. The SMILES string of the molecule is Cc1ccc(C)c(C(=O)NCc2ccc(-c3nn(C(C)C(C)C)c4c(=O)[nH]nc(N)c34)cc2)c1. The van der Waals surface area contributed by atoms with Gasteiger partial charge < -0.3 is 11.1 Å². The first-order chi connectivity index (χ1) is 16.2. The van der Waals surface area contributed by atoms with Crippen molar-refractivity contribution in [1.82, 2.24) is 25.3 Å². The van der Waals surface area contributed by atoms with Gasteiger partial charge in [0.05, 0.1) is 11.4 Å². The highest BCUT2D eigenvalue weighted by atomic mass is 16.1. The molecule has 1 atom stereocenters. The number of H-pyrrole nitrogens is 1. The van der Waals surface area contributed by atoms with Crippen LogP contribution in [-0.2, 0) is 6.54 Å². The molecule has 0 bridgehead atoms. The second-order valence-corrected chi connectivity index (χ2v) is 9.14. The number of hydrogen-bond donors (Lipinski definition) is 3. The quantitative estimate of drug-likeness (QED) is 0.401. The Morgan fingerprint density at radius 3 is 2.50 bits per heavy atom. The van der Waals surface area contributed by atoms with Gasteiger partial charge in [-0.3, -0.25) is 14.3 Å². The molecule has 34 heavy (non-hydrogen) atoms. The van der Waals surface area contributed by atoms with Gasteiger partial charge in [-0.1, -0.05) is 55.8 Å². The van der Waals surface area contributed by atoms with Crippen molar-refractivity contribution in [2.24, 2.45) is 5.92 Å². The zero-order valence-corrected chi connectivity index (χ0v) is 20.1. The van der Waals surface area contributed by atoms with Crippen molar-refractivity contribution in [3.8, 4) is 11.3 Å². The molecule has 1 unspecified atom stereocenters. The van der Waals surface area contributed by atoms with Crippen LogP contribution in [0.15, 0.2) is 47.3 Å². The summed E-state index contributed by atoms with van der Waals surface area (Å²) < 4.78 is 1.74. The Morgan fingerprint density at radius 2 is 1.82 bits per heavy atom. The Bertz CT molecular complexity index is 1420. The molecule has 0 saturated heterocycles. The molecule has 2 aromatic heterocycles. The van der Waals surface area contributed by atoms with Gasteiger partial charge in [-0.2, -0.15) is 10.2 Å². The average molecular weight is 459 g/mol. The highest BCUT2D eigenvalue weighted by molar-refractivity contribution is 5.99. The number of aromatic nitrogens is 4. The van der Waals surface area contributed by atoms with Crippen molar-refractivity contribution in [2.45, 2.75) is 47.2 Å². The second kappa shape index (κ2) is 9.13. The fourth-order valence-corrected chi connectivity index (χ4v) is 3.93. The van der Waals surface area contributed by atoms with Crippen LogP contribution in [0.5, 0.6) is 0 Å². The summed E-state index contributed by atoms with van der Waals surface area (Å²) in [6.07, 6.45) is 0. The van der Waals surface area contributed by atoms with Gasteiger partial charge in [0.1, 0.15) is 11.2 Å². The largest absolute Gasteiger partial charge is 0.382 e. The van der Waals surface area contributed by atoms with Gasteiger partial charge in [0.15, 0.2) is 5.82 Å². The Morgan fingerprint density at radius 1 is 1.12 bits per heavy atom. The molecule has 2 aromatic carbocycles. The number of nitrogens with zero attached hydrogens (tertiary/aromatic N) is 3. The fourth-order valence-electron chi connectivity index (χ4n) is 3.93. The summed E-state index contributed by atoms with van der Waals surface area (Å²) in [5, 5.41) is 14.7. The van der Waals surface area contributed by atoms with Crippen LogP contribution in [0.3, 0.4) is 0 Å². The molecular weight excluding hydrogens is 428 g/mol. The standard InChI is InChI=1S/C26H30N6O2/c1-14(2)17(5)32-23-21(24(27)29-30-26(23)34)22(31-32)19-10-8-18(9-11-19)13-28-25(33)20-12-15(3)6-7-16(20)4/h6-12,14,17H,13H2,1-5H3,(H2,27,29)(H,28,33)(H,30,34). The third kappa shape index (κ3) is 4.31. The van der Waals surface area contributed by atoms with Crippen LogP contribution in [-0.4, -0.2) is 25.9 Å². The molecule has 0 spiro atoms. The predicted molar refractivity (Wildman–Crippen MR) is 135 cm³/mol. The van der Waals surface area contributed by atoms with Gasteiger partial charge in [0.25, 0.3) is 11.5 Å². The van der Waals surface area contributed by atoms with Gasteiger partial charge in [-0.25, -0.2) is 5.10 Å². The average Bonchev–Trinajstić information content (AvgIpc) is 3.23. The van der Waals surface area contributed by atoms with E-state index in [0.29, 0.717) is 28.7 Å². The maximum atomic E-state index is 12.6. The van der Waals surface area contributed by atoms with Gasteiger partial charge in [-0.05, 0) is 43.9 Å². The van der Waals surface area contributed by atoms with Gasteiger partial charge in [-0.15, -0.1) is 0 Å². The molecule has 8 heteroatoms. The molecule has 4 rings (SSSR count). The number of carbonyl (C=O) groups excluding carboxylic acids is 1. The highest BCUT2D eigenvalue weighted by Gasteiger charge is 2.23. The molecule has 8 nitrogen and oxygen atoms in total. The lowest BCUT2D eigenvalue weighted by Gasteiger charge is -2.16. The third-order valence-electron chi connectivity index (χ3n) is 6.33. The lowest BCUT2D eigenvalue weighted by atomic mass is 10.0. The maximum Gasteiger partial charge on any atom is 0.290 e. The van der Waals surface area contributed by atoms with E-state index in [9.17, 15) is 9.59 Å². The monoisotopic (exact) mass is 458 g/mol. The minimum atomic E-state index is -0.318. The molecule has 0 radical (unpaired) electrons. The minimum absolute atomic E-state index is 0.00119. The first kappa shape index (κ1) is 23.2. The molecule has 2 heterocycles. The number of amides is 1. The number of nitrogens with one attached hydrogen (secondary N) is 2. The summed E-state index contributed by atoms with van der Waals surface area (Å²) in [5.41, 5.74) is 11.3. The van der Waals surface area contributed by atoms with Gasteiger partial charge in [0.2, 0.25) is 0 Å². The smallest absolute Gasteiger partial charge is 0.290 e. The van der Waals surface area contributed by atoms with E-state index in [1.165, 1.54) is 0 Å². The van der Waals surface area contributed by atoms with Crippen molar-refractivity contribution >= 4 is 22.6 Å². The van der Waals surface area contributed by atoms with E-state index in [-0.39, 0.29) is 29.2 Å². The number of aryl methyl sites for hydroxylation is 2. The zero-order valence-electron chi connectivity index (χ0n) is 20.1. The van der Waals surface area contributed by atoms with Gasteiger partial charge >= 0.3 is 0 Å². The minimum Gasteiger partial charge on any atom is -0.382 e. The van der Waals surface area contributed by atoms with Crippen molar-refractivity contribution in [1.29, 1.82) is 0 Å². The molecule has 4 aromatic rings. The Labute approximate surface area is 198 Å². The Balaban J connectivity index is 1.63. The van der Waals surface area contributed by atoms with E-state index in [1.54, 1.807) is 4.68 Å². The molecular formula is C26H30N6O2. The van der Waals surface area contributed by atoms with E-state index in [2.05, 4.69) is 29.4 Å². The lowest BCUT2D eigenvalue weighted by Crippen LogP contribution is -2.23. The van der Waals surface area contributed by atoms with E-state index >= 15 is 0 Å². The van der Waals surface area contributed by atoms with Crippen LogP contribution in [0.1, 0.15) is 53.9 Å². The summed E-state index contributed by atoms with van der Waals surface area (Å²) in [5.74, 6) is 0.403. The summed E-state index contributed by atoms with van der Waals surface area (Å²) >= 11 is 0. The van der Waals surface area contributed by atoms with E-state index in [1.807, 2.05) is 63.2 Å². The zero-order chi connectivity index (χ0) is 24.6. The van der Waals surface area contributed by atoms with Crippen LogP contribution < -0.4 is 16.6 Å². The number of carbonyl (C=O) groups is 1. The maximum absolute atomic E-state index is 12.6. The third-order valence-corrected chi connectivity index (χ3v) is 6.33. The first-order valence-electron chi connectivity index (χ1n) is 11.4. The fraction of sp³-hybridized carbons (Fsp3) is 0.308. The number of nitrogen functional groups attached to an aromatic ring is 1. The van der Waals surface area contributed by atoms with Crippen molar-refractivity contribution < 1.29 is 4.79 Å².